The van der Waals surface area contributed by atoms with Crippen LogP contribution in [0.15, 0.2) is 30.3 Å². The molecule has 1 rings (SSSR count). The molecule has 0 atom stereocenters. The van der Waals surface area contributed by atoms with Crippen molar-refractivity contribution < 1.29 is 0 Å². The largest absolute Gasteiger partial charge is 0.330 e. The van der Waals surface area contributed by atoms with Crippen molar-refractivity contribution in [2.75, 3.05) is 6.54 Å². The van der Waals surface area contributed by atoms with Crippen LogP contribution in [0.25, 0.3) is 0 Å². The summed E-state index contributed by atoms with van der Waals surface area (Å²) in [4.78, 5) is 0. The zero-order chi connectivity index (χ0) is 8.53. The van der Waals surface area contributed by atoms with Crippen LogP contribution < -0.4 is 5.73 Å². The standard InChI is InChI=1S/C7H8.C3H9N.ClH/c1-7-5-3-2-4-6-7;1-2-3-4;/h2-6H,1H3;2-4H2,1H3;1H. The van der Waals surface area contributed by atoms with E-state index in [4.69, 9.17) is 5.73 Å². The van der Waals surface area contributed by atoms with Gasteiger partial charge in [-0.05, 0) is 19.9 Å². The van der Waals surface area contributed by atoms with Gasteiger partial charge in [0.1, 0.15) is 0 Å². The third-order valence-corrected chi connectivity index (χ3v) is 1.23. The highest BCUT2D eigenvalue weighted by Crippen LogP contribution is 1.92. The summed E-state index contributed by atoms with van der Waals surface area (Å²) < 4.78 is 0. The van der Waals surface area contributed by atoms with Gasteiger partial charge in [0, 0.05) is 0 Å². The van der Waals surface area contributed by atoms with Gasteiger partial charge in [-0.15, -0.1) is 12.4 Å². The molecule has 0 aliphatic carbocycles. The lowest BCUT2D eigenvalue weighted by Gasteiger charge is -1.82. The molecule has 1 aromatic rings. The Morgan fingerprint density at radius 3 is 1.75 bits per heavy atom. The van der Waals surface area contributed by atoms with Gasteiger partial charge in [-0.2, -0.15) is 0 Å². The Hall–Kier alpha value is -0.530. The molecule has 0 radical (unpaired) electrons. The van der Waals surface area contributed by atoms with E-state index in [0.29, 0.717) is 0 Å². The first-order valence-electron chi connectivity index (χ1n) is 4.03. The van der Waals surface area contributed by atoms with E-state index in [9.17, 15) is 0 Å². The van der Waals surface area contributed by atoms with E-state index < -0.39 is 0 Å². The van der Waals surface area contributed by atoms with Crippen molar-refractivity contribution in [3.8, 4) is 0 Å². The Balaban J connectivity index is 0. The van der Waals surface area contributed by atoms with Crippen LogP contribution in [0.1, 0.15) is 18.9 Å². The summed E-state index contributed by atoms with van der Waals surface area (Å²) in [5, 5.41) is 0. The molecule has 12 heavy (non-hydrogen) atoms. The van der Waals surface area contributed by atoms with Crippen LogP contribution in [-0.2, 0) is 0 Å². The van der Waals surface area contributed by atoms with Gasteiger partial charge >= 0.3 is 0 Å². The summed E-state index contributed by atoms with van der Waals surface area (Å²) in [6.07, 6.45) is 1.10. The SMILES string of the molecule is CCCN.Cc1ccccc1.Cl. The number of aryl methyl sites for hydroxylation is 1. The Labute approximate surface area is 81.4 Å². The highest BCUT2D eigenvalue weighted by molar-refractivity contribution is 5.85. The minimum atomic E-state index is 0. The van der Waals surface area contributed by atoms with E-state index >= 15 is 0 Å². The molecule has 2 heteroatoms. The molecule has 0 saturated heterocycles. The number of nitrogens with two attached hydrogens (primary N) is 1. The summed E-state index contributed by atoms with van der Waals surface area (Å²) in [7, 11) is 0. The topological polar surface area (TPSA) is 26.0 Å². The highest BCUT2D eigenvalue weighted by atomic mass is 35.5. The highest BCUT2D eigenvalue weighted by Gasteiger charge is 1.72. The first-order valence-corrected chi connectivity index (χ1v) is 4.03. The molecule has 0 saturated carbocycles. The molecule has 0 aliphatic rings. The van der Waals surface area contributed by atoms with Crippen LogP contribution in [0.2, 0.25) is 0 Å². The van der Waals surface area contributed by atoms with Crippen LogP contribution in [0.3, 0.4) is 0 Å². The molecular weight excluding hydrogens is 170 g/mol. The maximum atomic E-state index is 5.03. The number of halogens is 1. The Kier molecular flexibility index (Phi) is 12.2. The third kappa shape index (κ3) is 9.47. The molecule has 2 N–H and O–H groups in total. The van der Waals surface area contributed by atoms with Gasteiger partial charge in [-0.25, -0.2) is 0 Å². The van der Waals surface area contributed by atoms with Crippen molar-refractivity contribution >= 4 is 12.4 Å². The monoisotopic (exact) mass is 187 g/mol. The molecule has 1 aromatic carbocycles. The third-order valence-electron chi connectivity index (χ3n) is 1.23. The molecule has 0 aliphatic heterocycles. The number of rotatable bonds is 1. The van der Waals surface area contributed by atoms with Crippen molar-refractivity contribution in [3.63, 3.8) is 0 Å². The molecule has 0 heterocycles. The number of hydrogen-bond donors (Lipinski definition) is 1. The molecule has 0 fully saturated rings. The van der Waals surface area contributed by atoms with Crippen LogP contribution in [0.4, 0.5) is 0 Å². The lowest BCUT2D eigenvalue weighted by molar-refractivity contribution is 0.932. The van der Waals surface area contributed by atoms with Gasteiger partial charge in [-0.1, -0.05) is 42.8 Å². The molecule has 0 unspecified atom stereocenters. The van der Waals surface area contributed by atoms with Crippen molar-refractivity contribution in [1.82, 2.24) is 0 Å². The predicted octanol–water partition coefficient (Wildman–Crippen LogP) is 2.77. The molecule has 70 valence electrons. The minimum absolute atomic E-state index is 0. The van der Waals surface area contributed by atoms with Gasteiger partial charge in [-0.3, -0.25) is 0 Å². The van der Waals surface area contributed by atoms with Crippen LogP contribution >= 0.6 is 12.4 Å². The Bertz CT molecular complexity index is 161. The van der Waals surface area contributed by atoms with Crippen LogP contribution in [0.5, 0.6) is 0 Å². The first kappa shape index (κ1) is 14.0. The van der Waals surface area contributed by atoms with Gasteiger partial charge < -0.3 is 5.73 Å². The average Bonchev–Trinajstić information content (AvgIpc) is 2.07. The summed E-state index contributed by atoms with van der Waals surface area (Å²) in [5.74, 6) is 0. The Morgan fingerprint density at radius 2 is 1.58 bits per heavy atom. The van der Waals surface area contributed by atoms with Crippen LogP contribution in [-0.4, -0.2) is 6.54 Å². The van der Waals surface area contributed by atoms with E-state index in [1.54, 1.807) is 0 Å². The fourth-order valence-corrected chi connectivity index (χ4v) is 0.534. The van der Waals surface area contributed by atoms with E-state index in [2.05, 4.69) is 26.0 Å². The van der Waals surface area contributed by atoms with E-state index in [1.807, 2.05) is 18.2 Å². The average molecular weight is 188 g/mol. The Morgan fingerprint density at radius 1 is 1.17 bits per heavy atom. The smallest absolute Gasteiger partial charge is 0.00799 e. The fraction of sp³-hybridized carbons (Fsp3) is 0.400. The van der Waals surface area contributed by atoms with Crippen molar-refractivity contribution in [2.24, 2.45) is 5.73 Å². The van der Waals surface area contributed by atoms with Crippen molar-refractivity contribution in [1.29, 1.82) is 0 Å². The molecule has 0 amide bonds. The maximum Gasteiger partial charge on any atom is -0.00799 e. The minimum Gasteiger partial charge on any atom is -0.330 e. The molecule has 0 spiro atoms. The van der Waals surface area contributed by atoms with E-state index in [-0.39, 0.29) is 12.4 Å². The normalized spacial score (nSPS) is 7.58. The second-order valence-electron chi connectivity index (χ2n) is 2.44. The van der Waals surface area contributed by atoms with Gasteiger partial charge in [0.05, 0.1) is 0 Å². The molecule has 1 nitrogen and oxygen atoms in total. The summed E-state index contributed by atoms with van der Waals surface area (Å²) >= 11 is 0. The van der Waals surface area contributed by atoms with Gasteiger partial charge in [0.15, 0.2) is 0 Å². The molecular formula is C10H18ClN. The second kappa shape index (κ2) is 10.5. The quantitative estimate of drug-likeness (QED) is 0.719. The lowest BCUT2D eigenvalue weighted by atomic mass is 10.2. The summed E-state index contributed by atoms with van der Waals surface area (Å²) in [5.41, 5.74) is 6.35. The van der Waals surface area contributed by atoms with Gasteiger partial charge in [0.2, 0.25) is 0 Å². The van der Waals surface area contributed by atoms with Crippen LogP contribution in [0, 0.1) is 6.92 Å². The van der Waals surface area contributed by atoms with Crippen molar-refractivity contribution in [3.05, 3.63) is 35.9 Å². The zero-order valence-electron chi connectivity index (χ0n) is 7.79. The lowest BCUT2D eigenvalue weighted by Crippen LogP contribution is -1.93. The fourth-order valence-electron chi connectivity index (χ4n) is 0.534. The van der Waals surface area contributed by atoms with Gasteiger partial charge in [0.25, 0.3) is 0 Å². The number of benzene rings is 1. The maximum absolute atomic E-state index is 5.03. The second-order valence-corrected chi connectivity index (χ2v) is 2.44. The van der Waals surface area contributed by atoms with Crippen molar-refractivity contribution in [2.45, 2.75) is 20.3 Å². The molecule has 0 bridgehead atoms. The summed E-state index contributed by atoms with van der Waals surface area (Å²) in [6.45, 7) is 4.96. The van der Waals surface area contributed by atoms with E-state index in [0.717, 1.165) is 13.0 Å². The zero-order valence-corrected chi connectivity index (χ0v) is 8.60. The first-order chi connectivity index (χ1) is 5.31. The van der Waals surface area contributed by atoms with E-state index in [1.165, 1.54) is 5.56 Å². The number of hydrogen-bond acceptors (Lipinski definition) is 1. The predicted molar refractivity (Wildman–Crippen MR) is 57.8 cm³/mol. The summed E-state index contributed by atoms with van der Waals surface area (Å²) in [6, 6.07) is 10.3. The molecule has 0 aromatic heterocycles.